The van der Waals surface area contributed by atoms with E-state index in [-0.39, 0.29) is 5.41 Å². The van der Waals surface area contributed by atoms with E-state index in [2.05, 4.69) is 12.2 Å². The first-order chi connectivity index (χ1) is 7.65. The predicted octanol–water partition coefficient (Wildman–Crippen LogP) is 2.90. The van der Waals surface area contributed by atoms with Gasteiger partial charge in [-0.1, -0.05) is 19.4 Å². The lowest BCUT2D eigenvalue weighted by atomic mass is 9.73. The number of hydrogen-bond acceptors (Lipinski definition) is 1. The Balaban J connectivity index is 2.10. The molecule has 1 saturated heterocycles. The molecular weight excluding hydrogens is 208 g/mol. The van der Waals surface area contributed by atoms with Crippen molar-refractivity contribution in [3.05, 3.63) is 35.4 Å². The summed E-state index contributed by atoms with van der Waals surface area (Å²) in [6.07, 6.45) is 3.11. The van der Waals surface area contributed by atoms with Crippen molar-refractivity contribution in [3.8, 4) is 0 Å². The molecule has 1 fully saturated rings. The SMILES string of the molecule is CCCC1(Cc2ccc(F)c(F)c2)CNC1. The van der Waals surface area contributed by atoms with Crippen LogP contribution in [0.4, 0.5) is 8.78 Å². The van der Waals surface area contributed by atoms with E-state index in [0.29, 0.717) is 0 Å². The molecule has 1 N–H and O–H groups in total. The van der Waals surface area contributed by atoms with Gasteiger partial charge in [-0.15, -0.1) is 0 Å². The van der Waals surface area contributed by atoms with E-state index in [1.807, 2.05) is 0 Å². The lowest BCUT2D eigenvalue weighted by Crippen LogP contribution is -2.54. The van der Waals surface area contributed by atoms with Crippen LogP contribution in [0.5, 0.6) is 0 Å². The van der Waals surface area contributed by atoms with Gasteiger partial charge in [0, 0.05) is 13.1 Å². The van der Waals surface area contributed by atoms with Gasteiger partial charge in [-0.3, -0.25) is 0 Å². The van der Waals surface area contributed by atoms with Gasteiger partial charge < -0.3 is 5.32 Å². The number of hydrogen-bond donors (Lipinski definition) is 1. The van der Waals surface area contributed by atoms with Crippen molar-refractivity contribution in [1.29, 1.82) is 0 Å². The van der Waals surface area contributed by atoms with E-state index in [9.17, 15) is 8.78 Å². The maximum atomic E-state index is 13.1. The maximum Gasteiger partial charge on any atom is 0.159 e. The van der Waals surface area contributed by atoms with Crippen molar-refractivity contribution >= 4 is 0 Å². The number of nitrogens with one attached hydrogen (secondary N) is 1. The van der Waals surface area contributed by atoms with Crippen molar-refractivity contribution < 1.29 is 8.78 Å². The summed E-state index contributed by atoms with van der Waals surface area (Å²) in [5.41, 5.74) is 1.16. The minimum Gasteiger partial charge on any atom is -0.316 e. The third-order valence-corrected chi connectivity index (χ3v) is 3.34. The standard InChI is InChI=1S/C13H17F2N/c1-2-5-13(8-16-9-13)7-10-3-4-11(14)12(15)6-10/h3-4,6,16H,2,5,7-9H2,1H3. The molecule has 0 radical (unpaired) electrons. The molecule has 1 aromatic carbocycles. The largest absolute Gasteiger partial charge is 0.316 e. The Morgan fingerprint density at radius 1 is 1.25 bits per heavy atom. The van der Waals surface area contributed by atoms with Crippen LogP contribution in [0.25, 0.3) is 0 Å². The van der Waals surface area contributed by atoms with Crippen molar-refractivity contribution in [1.82, 2.24) is 5.32 Å². The van der Waals surface area contributed by atoms with Gasteiger partial charge in [-0.2, -0.15) is 0 Å². The summed E-state index contributed by atoms with van der Waals surface area (Å²) >= 11 is 0. The fourth-order valence-electron chi connectivity index (χ4n) is 2.48. The highest BCUT2D eigenvalue weighted by Crippen LogP contribution is 2.33. The van der Waals surface area contributed by atoms with E-state index < -0.39 is 11.6 Å². The first kappa shape index (κ1) is 11.5. The number of benzene rings is 1. The lowest BCUT2D eigenvalue weighted by Gasteiger charge is -2.43. The highest BCUT2D eigenvalue weighted by molar-refractivity contribution is 5.20. The van der Waals surface area contributed by atoms with Crippen LogP contribution >= 0.6 is 0 Å². The second-order valence-electron chi connectivity index (χ2n) is 4.78. The quantitative estimate of drug-likeness (QED) is 0.830. The zero-order chi connectivity index (χ0) is 11.6. The van der Waals surface area contributed by atoms with E-state index in [0.717, 1.165) is 37.9 Å². The second kappa shape index (κ2) is 4.50. The number of rotatable bonds is 4. The smallest absolute Gasteiger partial charge is 0.159 e. The molecule has 1 nitrogen and oxygen atoms in total. The molecule has 0 unspecified atom stereocenters. The Labute approximate surface area is 94.9 Å². The normalized spacial score (nSPS) is 18.2. The van der Waals surface area contributed by atoms with Crippen molar-refractivity contribution in [2.45, 2.75) is 26.2 Å². The van der Waals surface area contributed by atoms with Gasteiger partial charge >= 0.3 is 0 Å². The summed E-state index contributed by atoms with van der Waals surface area (Å²) in [5, 5.41) is 3.27. The summed E-state index contributed by atoms with van der Waals surface area (Å²) in [6, 6.07) is 4.23. The summed E-state index contributed by atoms with van der Waals surface area (Å²) in [6.45, 7) is 4.13. The van der Waals surface area contributed by atoms with Gasteiger partial charge in [0.25, 0.3) is 0 Å². The Kier molecular flexibility index (Phi) is 3.24. The van der Waals surface area contributed by atoms with E-state index in [1.165, 1.54) is 12.1 Å². The lowest BCUT2D eigenvalue weighted by molar-refractivity contribution is 0.150. The third kappa shape index (κ3) is 2.24. The minimum atomic E-state index is -0.764. The second-order valence-corrected chi connectivity index (χ2v) is 4.78. The molecule has 0 saturated carbocycles. The van der Waals surface area contributed by atoms with Gasteiger partial charge in [0.2, 0.25) is 0 Å². The average molecular weight is 225 g/mol. The maximum absolute atomic E-state index is 13.1. The molecule has 0 spiro atoms. The highest BCUT2D eigenvalue weighted by Gasteiger charge is 2.35. The first-order valence-corrected chi connectivity index (χ1v) is 5.80. The van der Waals surface area contributed by atoms with Crippen LogP contribution in [-0.4, -0.2) is 13.1 Å². The zero-order valence-electron chi connectivity index (χ0n) is 9.52. The van der Waals surface area contributed by atoms with Crippen molar-refractivity contribution in [2.24, 2.45) is 5.41 Å². The van der Waals surface area contributed by atoms with Crippen LogP contribution in [0.2, 0.25) is 0 Å². The molecule has 1 aliphatic rings. The topological polar surface area (TPSA) is 12.0 Å². The van der Waals surface area contributed by atoms with E-state index >= 15 is 0 Å². The van der Waals surface area contributed by atoms with Gasteiger partial charge in [-0.25, -0.2) is 8.78 Å². The zero-order valence-corrected chi connectivity index (χ0v) is 9.52. The molecule has 2 rings (SSSR count). The molecule has 0 aliphatic carbocycles. The molecule has 88 valence electrons. The molecule has 3 heteroatoms. The minimum absolute atomic E-state index is 0.263. The Morgan fingerprint density at radius 2 is 2.00 bits per heavy atom. The average Bonchev–Trinajstić information content (AvgIpc) is 2.20. The first-order valence-electron chi connectivity index (χ1n) is 5.80. The Bertz CT molecular complexity index is 372. The molecule has 16 heavy (non-hydrogen) atoms. The Morgan fingerprint density at radius 3 is 2.50 bits per heavy atom. The van der Waals surface area contributed by atoms with Crippen LogP contribution in [-0.2, 0) is 6.42 Å². The summed E-state index contributed by atoms with van der Waals surface area (Å²) < 4.78 is 25.9. The van der Waals surface area contributed by atoms with Gasteiger partial charge in [0.15, 0.2) is 11.6 Å². The van der Waals surface area contributed by atoms with Crippen LogP contribution in [0.3, 0.4) is 0 Å². The number of halogens is 2. The van der Waals surface area contributed by atoms with Gasteiger partial charge in [0.1, 0.15) is 0 Å². The molecule has 1 heterocycles. The van der Waals surface area contributed by atoms with Crippen molar-refractivity contribution in [3.63, 3.8) is 0 Å². The van der Waals surface area contributed by atoms with Crippen LogP contribution in [0, 0.1) is 17.0 Å². The molecule has 1 aliphatic heterocycles. The summed E-state index contributed by atoms with van der Waals surface area (Å²) in [7, 11) is 0. The molecule has 0 aromatic heterocycles. The summed E-state index contributed by atoms with van der Waals surface area (Å²) in [5.74, 6) is -1.50. The van der Waals surface area contributed by atoms with Crippen LogP contribution in [0.1, 0.15) is 25.3 Å². The van der Waals surface area contributed by atoms with Crippen LogP contribution < -0.4 is 5.32 Å². The van der Waals surface area contributed by atoms with Crippen molar-refractivity contribution in [2.75, 3.05) is 13.1 Å². The van der Waals surface area contributed by atoms with E-state index in [4.69, 9.17) is 0 Å². The molecule has 0 bridgehead atoms. The Hall–Kier alpha value is -0.960. The van der Waals surface area contributed by atoms with Gasteiger partial charge in [-0.05, 0) is 36.0 Å². The fourth-order valence-corrected chi connectivity index (χ4v) is 2.48. The molecule has 0 amide bonds. The molecule has 0 atom stereocenters. The highest BCUT2D eigenvalue weighted by atomic mass is 19.2. The molecular formula is C13H17F2N. The van der Waals surface area contributed by atoms with Crippen LogP contribution in [0.15, 0.2) is 18.2 Å². The third-order valence-electron chi connectivity index (χ3n) is 3.34. The van der Waals surface area contributed by atoms with E-state index in [1.54, 1.807) is 6.07 Å². The van der Waals surface area contributed by atoms with Gasteiger partial charge in [0.05, 0.1) is 0 Å². The molecule has 1 aromatic rings. The fraction of sp³-hybridized carbons (Fsp3) is 0.538. The monoisotopic (exact) mass is 225 g/mol. The predicted molar refractivity (Wildman–Crippen MR) is 60.3 cm³/mol. The summed E-state index contributed by atoms with van der Waals surface area (Å²) in [4.78, 5) is 0.